The van der Waals surface area contributed by atoms with E-state index in [-0.39, 0.29) is 10.6 Å². The van der Waals surface area contributed by atoms with E-state index in [0.717, 1.165) is 12.0 Å². The third kappa shape index (κ3) is 3.28. The number of aryl methyl sites for hydroxylation is 1. The number of rotatable bonds is 4. The van der Waals surface area contributed by atoms with Crippen LogP contribution in [0.3, 0.4) is 0 Å². The largest absolute Gasteiger partial charge is 0.277 e. The number of hydrogen-bond acceptors (Lipinski definition) is 2. The summed E-state index contributed by atoms with van der Waals surface area (Å²) in [4.78, 5) is 10.8. The van der Waals surface area contributed by atoms with Gasteiger partial charge in [-0.25, -0.2) is 0 Å². The molecule has 3 heteroatoms. The molecule has 2 aromatic rings. The highest BCUT2D eigenvalue weighted by Gasteiger charge is 2.13. The van der Waals surface area contributed by atoms with Crippen LogP contribution in [0.2, 0.25) is 0 Å². The van der Waals surface area contributed by atoms with E-state index < -0.39 is 0 Å². The molecule has 0 heterocycles. The van der Waals surface area contributed by atoms with Gasteiger partial charge in [0.2, 0.25) is 0 Å². The number of nitrogens with zero attached hydrogens (tertiary/aromatic N) is 1. The molecule has 0 bridgehead atoms. The minimum atomic E-state index is -0.344. The molecule has 96 valence electrons. The van der Waals surface area contributed by atoms with Gasteiger partial charge in [0.25, 0.3) is 5.70 Å². The molecular formula is C16H15NO2. The second kappa shape index (κ2) is 5.96. The Morgan fingerprint density at radius 3 is 2.26 bits per heavy atom. The zero-order valence-corrected chi connectivity index (χ0v) is 10.7. The average Bonchev–Trinajstić information content (AvgIpc) is 2.46. The Balaban J connectivity index is 2.38. The van der Waals surface area contributed by atoms with E-state index in [1.54, 1.807) is 30.3 Å². The smallest absolute Gasteiger partial charge is 0.258 e. The van der Waals surface area contributed by atoms with Gasteiger partial charge in [0, 0.05) is 6.08 Å². The van der Waals surface area contributed by atoms with Gasteiger partial charge in [0.1, 0.15) is 0 Å². The SMILES string of the molecule is CCc1ccc(C=C(c2ccccc2)[N+](=O)[O-])cc1. The van der Waals surface area contributed by atoms with Crippen molar-refractivity contribution in [2.75, 3.05) is 0 Å². The molecule has 2 aromatic carbocycles. The maximum atomic E-state index is 11.2. The molecule has 0 unspecified atom stereocenters. The average molecular weight is 253 g/mol. The zero-order valence-electron chi connectivity index (χ0n) is 10.7. The van der Waals surface area contributed by atoms with Crippen LogP contribution in [0.15, 0.2) is 54.6 Å². The predicted octanol–water partition coefficient (Wildman–Crippen LogP) is 4.02. The summed E-state index contributed by atoms with van der Waals surface area (Å²) in [5, 5.41) is 11.2. The van der Waals surface area contributed by atoms with Crippen molar-refractivity contribution in [3.63, 3.8) is 0 Å². The second-order valence-electron chi connectivity index (χ2n) is 4.25. The summed E-state index contributed by atoms with van der Waals surface area (Å²) in [6.07, 6.45) is 2.57. The molecule has 0 fully saturated rings. The van der Waals surface area contributed by atoms with E-state index >= 15 is 0 Å². The molecule has 0 radical (unpaired) electrons. The summed E-state index contributed by atoms with van der Waals surface area (Å²) in [5.41, 5.74) is 2.80. The Morgan fingerprint density at radius 2 is 1.74 bits per heavy atom. The molecule has 0 N–H and O–H groups in total. The Kier molecular flexibility index (Phi) is 4.08. The van der Waals surface area contributed by atoms with Crippen LogP contribution in [0.1, 0.15) is 23.6 Å². The minimum Gasteiger partial charge on any atom is -0.258 e. The van der Waals surface area contributed by atoms with Gasteiger partial charge in [-0.05, 0) is 29.7 Å². The lowest BCUT2D eigenvalue weighted by Crippen LogP contribution is -1.97. The lowest BCUT2D eigenvalue weighted by molar-refractivity contribution is -0.374. The van der Waals surface area contributed by atoms with Crippen molar-refractivity contribution in [3.05, 3.63) is 81.4 Å². The molecule has 0 saturated carbocycles. The van der Waals surface area contributed by atoms with Crippen LogP contribution in [0.5, 0.6) is 0 Å². The van der Waals surface area contributed by atoms with Crippen LogP contribution in [0.4, 0.5) is 0 Å². The molecule has 0 aliphatic heterocycles. The first kappa shape index (κ1) is 13.0. The minimum absolute atomic E-state index is 0.116. The Labute approximate surface area is 112 Å². The fraction of sp³-hybridized carbons (Fsp3) is 0.125. The topological polar surface area (TPSA) is 43.1 Å². The monoisotopic (exact) mass is 253 g/mol. The number of hydrogen-bond donors (Lipinski definition) is 0. The van der Waals surface area contributed by atoms with Crippen molar-refractivity contribution in [1.29, 1.82) is 0 Å². The number of benzene rings is 2. The molecule has 0 spiro atoms. The standard InChI is InChI=1S/C16H15NO2/c1-2-13-8-10-14(11-9-13)12-16(17(18)19)15-6-4-3-5-7-15/h3-12H,2H2,1H3. The van der Waals surface area contributed by atoms with E-state index in [1.165, 1.54) is 5.56 Å². The molecule has 0 atom stereocenters. The third-order valence-corrected chi connectivity index (χ3v) is 2.96. The first-order valence-corrected chi connectivity index (χ1v) is 6.21. The molecule has 0 aliphatic carbocycles. The van der Waals surface area contributed by atoms with Crippen LogP contribution >= 0.6 is 0 Å². The summed E-state index contributed by atoms with van der Waals surface area (Å²) in [6, 6.07) is 16.7. The molecule has 0 aliphatic rings. The van der Waals surface area contributed by atoms with Gasteiger partial charge in [0.05, 0.1) is 10.5 Å². The quantitative estimate of drug-likeness (QED) is 0.469. The molecular weight excluding hydrogens is 238 g/mol. The summed E-state index contributed by atoms with van der Waals surface area (Å²) >= 11 is 0. The van der Waals surface area contributed by atoms with Gasteiger partial charge in [0.15, 0.2) is 0 Å². The van der Waals surface area contributed by atoms with E-state index in [9.17, 15) is 10.1 Å². The first-order chi connectivity index (χ1) is 9.20. The van der Waals surface area contributed by atoms with Gasteiger partial charge in [-0.2, -0.15) is 0 Å². The van der Waals surface area contributed by atoms with Crippen LogP contribution in [0.25, 0.3) is 11.8 Å². The van der Waals surface area contributed by atoms with Crippen molar-refractivity contribution in [2.45, 2.75) is 13.3 Å². The van der Waals surface area contributed by atoms with Gasteiger partial charge in [-0.1, -0.05) is 49.4 Å². The van der Waals surface area contributed by atoms with Crippen LogP contribution in [0, 0.1) is 10.1 Å². The lowest BCUT2D eigenvalue weighted by Gasteiger charge is -2.00. The number of nitro groups is 1. The molecule has 2 rings (SSSR count). The highest BCUT2D eigenvalue weighted by atomic mass is 16.6. The summed E-state index contributed by atoms with van der Waals surface area (Å²) in [7, 11) is 0. The van der Waals surface area contributed by atoms with Crippen molar-refractivity contribution < 1.29 is 4.92 Å². The van der Waals surface area contributed by atoms with Crippen LogP contribution < -0.4 is 0 Å². The van der Waals surface area contributed by atoms with Gasteiger partial charge in [-0.15, -0.1) is 0 Å². The maximum Gasteiger partial charge on any atom is 0.277 e. The summed E-state index contributed by atoms with van der Waals surface area (Å²) < 4.78 is 0. The van der Waals surface area contributed by atoms with Crippen LogP contribution in [-0.2, 0) is 6.42 Å². The van der Waals surface area contributed by atoms with E-state index in [1.807, 2.05) is 30.3 Å². The van der Waals surface area contributed by atoms with Crippen molar-refractivity contribution >= 4 is 11.8 Å². The Bertz CT molecular complexity index is 586. The zero-order chi connectivity index (χ0) is 13.7. The normalized spacial score (nSPS) is 11.3. The lowest BCUT2D eigenvalue weighted by atomic mass is 10.1. The maximum absolute atomic E-state index is 11.2. The molecule has 0 aromatic heterocycles. The first-order valence-electron chi connectivity index (χ1n) is 6.21. The van der Waals surface area contributed by atoms with E-state index in [0.29, 0.717) is 5.56 Å². The highest BCUT2D eigenvalue weighted by Crippen LogP contribution is 2.19. The van der Waals surface area contributed by atoms with Gasteiger partial charge in [-0.3, -0.25) is 10.1 Å². The Hall–Kier alpha value is -2.42. The summed E-state index contributed by atoms with van der Waals surface area (Å²) in [6.45, 7) is 2.08. The van der Waals surface area contributed by atoms with Crippen molar-refractivity contribution in [1.82, 2.24) is 0 Å². The van der Waals surface area contributed by atoms with Gasteiger partial charge < -0.3 is 0 Å². The fourth-order valence-corrected chi connectivity index (χ4v) is 1.86. The Morgan fingerprint density at radius 1 is 1.11 bits per heavy atom. The van der Waals surface area contributed by atoms with E-state index in [4.69, 9.17) is 0 Å². The van der Waals surface area contributed by atoms with Crippen molar-refractivity contribution in [2.24, 2.45) is 0 Å². The predicted molar refractivity (Wildman–Crippen MR) is 77.1 cm³/mol. The molecule has 19 heavy (non-hydrogen) atoms. The summed E-state index contributed by atoms with van der Waals surface area (Å²) in [5.74, 6) is 0. The van der Waals surface area contributed by atoms with Gasteiger partial charge >= 0.3 is 0 Å². The van der Waals surface area contributed by atoms with Crippen LogP contribution in [-0.4, -0.2) is 4.92 Å². The molecule has 0 amide bonds. The van der Waals surface area contributed by atoms with Crippen molar-refractivity contribution in [3.8, 4) is 0 Å². The third-order valence-electron chi connectivity index (χ3n) is 2.96. The second-order valence-corrected chi connectivity index (χ2v) is 4.25. The fourth-order valence-electron chi connectivity index (χ4n) is 1.86. The van der Waals surface area contributed by atoms with E-state index in [2.05, 4.69) is 6.92 Å². The highest BCUT2D eigenvalue weighted by molar-refractivity contribution is 5.76. The molecule has 0 saturated heterocycles. The molecule has 3 nitrogen and oxygen atoms in total.